The Balaban J connectivity index is 1.69. The highest BCUT2D eigenvalue weighted by molar-refractivity contribution is 6.35. The van der Waals surface area contributed by atoms with E-state index in [1.165, 1.54) is 13.3 Å². The van der Waals surface area contributed by atoms with E-state index in [9.17, 15) is 9.59 Å². The molecule has 6 nitrogen and oxygen atoms in total. The van der Waals surface area contributed by atoms with E-state index >= 15 is 0 Å². The van der Waals surface area contributed by atoms with Gasteiger partial charge in [0, 0.05) is 11.4 Å². The summed E-state index contributed by atoms with van der Waals surface area (Å²) in [6.45, 7) is 0.341. The Labute approximate surface area is 167 Å². The maximum Gasteiger partial charge on any atom is 0.337 e. The van der Waals surface area contributed by atoms with Gasteiger partial charge in [0.05, 0.1) is 30.5 Å². The molecule has 0 aliphatic heterocycles. The quantitative estimate of drug-likeness (QED) is 0.308. The third-order valence-electron chi connectivity index (χ3n) is 3.43. The predicted octanol–water partition coefficient (Wildman–Crippen LogP) is 4.09. The second kappa shape index (κ2) is 10.5. The van der Waals surface area contributed by atoms with E-state index in [0.717, 1.165) is 5.56 Å². The summed E-state index contributed by atoms with van der Waals surface area (Å²) >= 11 is 11.8. The summed E-state index contributed by atoms with van der Waals surface area (Å²) in [5, 5.41) is 4.84. The van der Waals surface area contributed by atoms with Gasteiger partial charge < -0.3 is 9.47 Å². The molecule has 0 spiro atoms. The van der Waals surface area contributed by atoms with Crippen LogP contribution in [0.3, 0.4) is 0 Å². The lowest BCUT2D eigenvalue weighted by Crippen LogP contribution is -2.18. The van der Waals surface area contributed by atoms with E-state index in [2.05, 4.69) is 15.3 Å². The average molecular weight is 409 g/mol. The van der Waals surface area contributed by atoms with E-state index in [0.29, 0.717) is 34.4 Å². The number of amides is 1. The molecule has 0 aliphatic rings. The Hall–Kier alpha value is -2.57. The van der Waals surface area contributed by atoms with Crippen LogP contribution in [0, 0.1) is 0 Å². The summed E-state index contributed by atoms with van der Waals surface area (Å²) in [4.78, 5) is 23.1. The molecule has 2 aromatic rings. The number of carbonyl (C=O) groups is 2. The van der Waals surface area contributed by atoms with Crippen LogP contribution in [0.2, 0.25) is 10.0 Å². The highest BCUT2D eigenvalue weighted by Gasteiger charge is 2.05. The second-order valence-corrected chi connectivity index (χ2v) is 6.28. The summed E-state index contributed by atoms with van der Waals surface area (Å²) in [5.74, 6) is -0.118. The summed E-state index contributed by atoms with van der Waals surface area (Å²) < 4.78 is 10.1. The van der Waals surface area contributed by atoms with Crippen LogP contribution in [0.15, 0.2) is 47.6 Å². The van der Waals surface area contributed by atoms with Crippen molar-refractivity contribution in [3.8, 4) is 5.75 Å². The molecule has 1 amide bonds. The third kappa shape index (κ3) is 6.92. The maximum atomic E-state index is 11.8. The molecule has 0 saturated carbocycles. The lowest BCUT2D eigenvalue weighted by atomic mass is 10.1. The number of halogens is 2. The van der Waals surface area contributed by atoms with Crippen molar-refractivity contribution in [2.75, 3.05) is 13.7 Å². The maximum absolute atomic E-state index is 11.8. The molecule has 8 heteroatoms. The number of ether oxygens (including phenoxy) is 2. The molecule has 0 radical (unpaired) electrons. The fourth-order valence-electron chi connectivity index (χ4n) is 2.06. The van der Waals surface area contributed by atoms with Crippen molar-refractivity contribution in [1.82, 2.24) is 5.43 Å². The van der Waals surface area contributed by atoms with Gasteiger partial charge >= 0.3 is 5.97 Å². The minimum absolute atomic E-state index is 0.233. The zero-order valence-electron chi connectivity index (χ0n) is 14.6. The Kier molecular flexibility index (Phi) is 8.10. The molecule has 0 bridgehead atoms. The first-order chi connectivity index (χ1) is 13.0. The summed E-state index contributed by atoms with van der Waals surface area (Å²) in [6, 6.07) is 11.6. The lowest BCUT2D eigenvalue weighted by molar-refractivity contribution is -0.121. The zero-order valence-corrected chi connectivity index (χ0v) is 16.1. The number of carbonyl (C=O) groups excluding carboxylic acids is 2. The van der Waals surface area contributed by atoms with Gasteiger partial charge in [-0.2, -0.15) is 5.10 Å². The summed E-state index contributed by atoms with van der Waals surface area (Å²) in [5.41, 5.74) is 3.62. The normalized spacial score (nSPS) is 10.6. The van der Waals surface area contributed by atoms with Gasteiger partial charge in [0.1, 0.15) is 5.75 Å². The van der Waals surface area contributed by atoms with Crippen LogP contribution >= 0.6 is 23.2 Å². The van der Waals surface area contributed by atoms with Gasteiger partial charge in [-0.05, 0) is 42.3 Å². The molecule has 0 aromatic heterocycles. The largest absolute Gasteiger partial charge is 0.492 e. The van der Waals surface area contributed by atoms with Crippen molar-refractivity contribution in [3.63, 3.8) is 0 Å². The van der Waals surface area contributed by atoms with Crippen molar-refractivity contribution in [2.45, 2.75) is 12.8 Å². The first kappa shape index (κ1) is 20.7. The standard InChI is InChI=1S/C19H18Cl2N2O4/c1-26-19(25)14-6-4-13(5-7-14)12-22-23-18(24)3-2-10-27-17-9-8-15(20)11-16(17)21/h4-9,11-12H,2-3,10H2,1H3,(H,23,24). The average Bonchev–Trinajstić information content (AvgIpc) is 2.66. The van der Waals surface area contributed by atoms with Gasteiger partial charge in [0.25, 0.3) is 0 Å². The molecule has 0 atom stereocenters. The fourth-order valence-corrected chi connectivity index (χ4v) is 2.53. The molecule has 2 rings (SSSR count). The SMILES string of the molecule is COC(=O)c1ccc(C=NNC(=O)CCCOc2ccc(Cl)cc2Cl)cc1. The van der Waals surface area contributed by atoms with Gasteiger partial charge in [0.15, 0.2) is 0 Å². The van der Waals surface area contributed by atoms with E-state index < -0.39 is 5.97 Å². The highest BCUT2D eigenvalue weighted by Crippen LogP contribution is 2.27. The molecule has 27 heavy (non-hydrogen) atoms. The predicted molar refractivity (Wildman–Crippen MR) is 105 cm³/mol. The Bertz CT molecular complexity index is 823. The van der Waals surface area contributed by atoms with E-state index in [1.54, 1.807) is 42.5 Å². The number of hydrazone groups is 1. The van der Waals surface area contributed by atoms with Gasteiger partial charge in [-0.1, -0.05) is 35.3 Å². The number of hydrogen-bond donors (Lipinski definition) is 1. The van der Waals surface area contributed by atoms with E-state index in [1.807, 2.05) is 0 Å². The number of methoxy groups -OCH3 is 1. The first-order valence-electron chi connectivity index (χ1n) is 8.07. The molecule has 0 aliphatic carbocycles. The zero-order chi connectivity index (χ0) is 19.6. The minimum atomic E-state index is -0.408. The summed E-state index contributed by atoms with van der Waals surface area (Å²) in [7, 11) is 1.32. The summed E-state index contributed by atoms with van der Waals surface area (Å²) in [6.07, 6.45) is 2.25. The van der Waals surface area contributed by atoms with Crippen LogP contribution < -0.4 is 10.2 Å². The molecule has 0 saturated heterocycles. The molecule has 2 aromatic carbocycles. The van der Waals surface area contributed by atoms with Gasteiger partial charge in [-0.3, -0.25) is 4.79 Å². The third-order valence-corrected chi connectivity index (χ3v) is 3.96. The monoisotopic (exact) mass is 408 g/mol. The van der Waals surface area contributed by atoms with Crippen LogP contribution in [-0.2, 0) is 9.53 Å². The number of nitrogens with one attached hydrogen (secondary N) is 1. The molecule has 0 unspecified atom stereocenters. The fraction of sp³-hybridized carbons (Fsp3) is 0.211. The Morgan fingerprint density at radius 1 is 1.15 bits per heavy atom. The topological polar surface area (TPSA) is 77.0 Å². The van der Waals surface area contributed by atoms with Crippen LogP contribution in [-0.4, -0.2) is 31.8 Å². The molecule has 0 heterocycles. The van der Waals surface area contributed by atoms with Crippen LogP contribution in [0.4, 0.5) is 0 Å². The smallest absolute Gasteiger partial charge is 0.337 e. The lowest BCUT2D eigenvalue weighted by Gasteiger charge is -2.07. The number of rotatable bonds is 8. The highest BCUT2D eigenvalue weighted by atomic mass is 35.5. The van der Waals surface area contributed by atoms with Gasteiger partial charge in [-0.15, -0.1) is 0 Å². The van der Waals surface area contributed by atoms with E-state index in [-0.39, 0.29) is 12.3 Å². The number of nitrogens with zero attached hydrogens (tertiary/aromatic N) is 1. The van der Waals surface area contributed by atoms with Crippen molar-refractivity contribution in [3.05, 3.63) is 63.6 Å². The van der Waals surface area contributed by atoms with Gasteiger partial charge in [0.2, 0.25) is 5.91 Å². The van der Waals surface area contributed by atoms with Crippen molar-refractivity contribution in [2.24, 2.45) is 5.10 Å². The number of benzene rings is 2. The molecule has 142 valence electrons. The number of hydrogen-bond acceptors (Lipinski definition) is 5. The molecule has 0 fully saturated rings. The van der Waals surface area contributed by atoms with Crippen LogP contribution in [0.5, 0.6) is 5.75 Å². The minimum Gasteiger partial charge on any atom is -0.492 e. The van der Waals surface area contributed by atoms with Crippen molar-refractivity contribution >= 4 is 41.3 Å². The van der Waals surface area contributed by atoms with Crippen LogP contribution in [0.25, 0.3) is 0 Å². The van der Waals surface area contributed by atoms with Crippen molar-refractivity contribution < 1.29 is 19.1 Å². The Morgan fingerprint density at radius 3 is 2.56 bits per heavy atom. The molecular formula is C19H18Cl2N2O4. The molecular weight excluding hydrogens is 391 g/mol. The Morgan fingerprint density at radius 2 is 1.89 bits per heavy atom. The first-order valence-corrected chi connectivity index (χ1v) is 8.83. The van der Waals surface area contributed by atoms with Crippen molar-refractivity contribution in [1.29, 1.82) is 0 Å². The molecule has 1 N–H and O–H groups in total. The van der Waals surface area contributed by atoms with E-state index in [4.69, 9.17) is 27.9 Å². The second-order valence-electron chi connectivity index (χ2n) is 5.43. The van der Waals surface area contributed by atoms with Crippen LogP contribution in [0.1, 0.15) is 28.8 Å². The van der Waals surface area contributed by atoms with Gasteiger partial charge in [-0.25, -0.2) is 10.2 Å². The number of esters is 1.